The molecule has 0 spiro atoms. The minimum Gasteiger partial charge on any atom is -0.489 e. The number of benzene rings is 3. The largest absolute Gasteiger partial charge is 0.489 e. The number of nitrogens with one attached hydrogen (secondary N) is 1. The molecule has 1 fully saturated rings. The number of nitrogens with two attached hydrogens (primary N) is 1. The molecule has 0 aliphatic carbocycles. The monoisotopic (exact) mass is 442 g/mol. The van der Waals surface area contributed by atoms with E-state index in [2.05, 4.69) is 45.6 Å². The minimum absolute atomic E-state index is 0.504. The Labute approximate surface area is 195 Å². The van der Waals surface area contributed by atoms with Crippen molar-refractivity contribution in [2.24, 2.45) is 5.73 Å². The second-order valence-corrected chi connectivity index (χ2v) is 8.48. The zero-order valence-electron chi connectivity index (χ0n) is 18.7. The van der Waals surface area contributed by atoms with Crippen LogP contribution >= 0.6 is 0 Å². The molecule has 2 aliphatic heterocycles. The molecule has 3 aromatic carbocycles. The van der Waals surface area contributed by atoms with E-state index in [4.69, 9.17) is 15.2 Å². The highest BCUT2D eigenvalue weighted by atomic mass is 16.5. The average molecular weight is 443 g/mol. The van der Waals surface area contributed by atoms with E-state index >= 15 is 0 Å². The molecule has 0 saturated carbocycles. The molecule has 2 heterocycles. The van der Waals surface area contributed by atoms with Crippen molar-refractivity contribution in [2.75, 3.05) is 24.7 Å². The van der Waals surface area contributed by atoms with Crippen LogP contribution in [0.4, 0.5) is 5.69 Å². The Morgan fingerprint density at radius 2 is 1.58 bits per heavy atom. The first-order valence-electron chi connectivity index (χ1n) is 11.5. The minimum atomic E-state index is 0.504. The molecule has 1 atom stereocenters. The maximum Gasteiger partial charge on any atom is 0.127 e. The van der Waals surface area contributed by atoms with Crippen LogP contribution in [0.3, 0.4) is 0 Å². The van der Waals surface area contributed by atoms with Crippen molar-refractivity contribution in [2.45, 2.75) is 25.5 Å². The second-order valence-electron chi connectivity index (χ2n) is 8.48. The van der Waals surface area contributed by atoms with Gasteiger partial charge in [0.2, 0.25) is 0 Å². The van der Waals surface area contributed by atoms with Gasteiger partial charge in [-0.3, -0.25) is 0 Å². The molecule has 2 aliphatic rings. The van der Waals surface area contributed by atoms with Gasteiger partial charge in [0.1, 0.15) is 29.7 Å². The fraction of sp³-hybridized carbons (Fsp3) is 0.259. The van der Waals surface area contributed by atoms with Gasteiger partial charge in [-0.25, -0.2) is 0 Å². The Balaban J connectivity index is 1.16. The topological polar surface area (TPSA) is 63.0 Å². The molecule has 5 rings (SSSR count). The number of ether oxygens (including phenoxy) is 2. The lowest BCUT2D eigenvalue weighted by Crippen LogP contribution is -2.44. The molecule has 0 radical (unpaired) electrons. The third-order valence-corrected chi connectivity index (χ3v) is 6.11. The summed E-state index contributed by atoms with van der Waals surface area (Å²) >= 11 is 0. The van der Waals surface area contributed by atoms with Crippen LogP contribution in [0.2, 0.25) is 0 Å². The van der Waals surface area contributed by atoms with Crippen LogP contribution in [-0.2, 0) is 6.61 Å². The van der Waals surface area contributed by atoms with Gasteiger partial charge in [0, 0.05) is 24.5 Å². The van der Waals surface area contributed by atoms with Gasteiger partial charge in [0.25, 0.3) is 0 Å². The van der Waals surface area contributed by atoms with E-state index in [0.717, 1.165) is 54.1 Å². The highest BCUT2D eigenvalue weighted by Crippen LogP contribution is 2.29. The predicted octanol–water partition coefficient (Wildman–Crippen LogP) is 4.65. The molecular weight excluding hydrogens is 412 g/mol. The summed E-state index contributed by atoms with van der Waals surface area (Å²) in [4.78, 5) is 4.48. The standard InChI is InChI=1S/C27H30N4O2/c28-27-18-30(23-7-4-16-29-17-23)20-31(27)22-8-10-25(11-9-22)33-26-14-12-24(13-15-26)32-19-21-5-2-1-3-6-21/h1-3,5-6,8-15,18,23,29H,4,7,16-17,19-20,28H2/t23-/m1/s1. The van der Waals surface area contributed by atoms with Crippen molar-refractivity contribution in [3.63, 3.8) is 0 Å². The van der Waals surface area contributed by atoms with E-state index in [0.29, 0.717) is 12.6 Å². The highest BCUT2D eigenvalue weighted by molar-refractivity contribution is 5.55. The van der Waals surface area contributed by atoms with Crippen molar-refractivity contribution in [1.29, 1.82) is 0 Å². The predicted molar refractivity (Wildman–Crippen MR) is 131 cm³/mol. The van der Waals surface area contributed by atoms with E-state index in [9.17, 15) is 0 Å². The van der Waals surface area contributed by atoms with Crippen LogP contribution in [0.25, 0.3) is 0 Å². The zero-order chi connectivity index (χ0) is 22.5. The Hall–Kier alpha value is -3.64. The normalized spacial score (nSPS) is 18.2. The molecule has 1 saturated heterocycles. The van der Waals surface area contributed by atoms with Crippen molar-refractivity contribution in [1.82, 2.24) is 10.2 Å². The second kappa shape index (κ2) is 9.88. The summed E-state index contributed by atoms with van der Waals surface area (Å²) in [7, 11) is 0. The van der Waals surface area contributed by atoms with Crippen LogP contribution in [0.15, 0.2) is 90.9 Å². The van der Waals surface area contributed by atoms with Gasteiger partial charge in [-0.05, 0) is 73.5 Å². The zero-order valence-corrected chi connectivity index (χ0v) is 18.7. The van der Waals surface area contributed by atoms with Gasteiger partial charge in [-0.2, -0.15) is 0 Å². The summed E-state index contributed by atoms with van der Waals surface area (Å²) in [6.07, 6.45) is 4.48. The molecule has 3 aromatic rings. The average Bonchev–Trinajstić information content (AvgIpc) is 3.27. The molecule has 3 N–H and O–H groups in total. The summed E-state index contributed by atoms with van der Waals surface area (Å²) in [5, 5.41) is 3.48. The Morgan fingerprint density at radius 1 is 0.879 bits per heavy atom. The number of hydrogen-bond acceptors (Lipinski definition) is 6. The maximum atomic E-state index is 6.33. The van der Waals surface area contributed by atoms with Gasteiger partial charge >= 0.3 is 0 Å². The molecule has 0 unspecified atom stereocenters. The Morgan fingerprint density at radius 3 is 2.27 bits per heavy atom. The van der Waals surface area contributed by atoms with Crippen molar-refractivity contribution >= 4 is 5.69 Å². The quantitative estimate of drug-likeness (QED) is 0.556. The van der Waals surface area contributed by atoms with Crippen molar-refractivity contribution in [3.8, 4) is 17.2 Å². The van der Waals surface area contributed by atoms with Gasteiger partial charge in [-0.1, -0.05) is 30.3 Å². The smallest absolute Gasteiger partial charge is 0.127 e. The molecule has 0 bridgehead atoms. The maximum absolute atomic E-state index is 6.33. The number of nitrogens with zero attached hydrogens (tertiary/aromatic N) is 2. The summed E-state index contributed by atoms with van der Waals surface area (Å²) in [6, 6.07) is 26.4. The summed E-state index contributed by atoms with van der Waals surface area (Å²) in [6.45, 7) is 3.45. The lowest BCUT2D eigenvalue weighted by atomic mass is 10.1. The van der Waals surface area contributed by atoms with Crippen molar-refractivity contribution < 1.29 is 9.47 Å². The van der Waals surface area contributed by atoms with Gasteiger partial charge in [0.05, 0.1) is 6.67 Å². The Bertz CT molecular complexity index is 1060. The number of piperidine rings is 1. The molecule has 33 heavy (non-hydrogen) atoms. The van der Waals surface area contributed by atoms with Crippen LogP contribution in [0, 0.1) is 0 Å². The van der Waals surface area contributed by atoms with Crippen LogP contribution < -0.4 is 25.4 Å². The number of anilines is 1. The molecular formula is C27H30N4O2. The molecule has 6 heteroatoms. The molecule has 6 nitrogen and oxygen atoms in total. The lowest BCUT2D eigenvalue weighted by Gasteiger charge is -2.32. The first-order valence-corrected chi connectivity index (χ1v) is 11.5. The molecule has 0 amide bonds. The molecule has 170 valence electrons. The van der Waals surface area contributed by atoms with E-state index in [1.807, 2.05) is 54.6 Å². The highest BCUT2D eigenvalue weighted by Gasteiger charge is 2.27. The fourth-order valence-electron chi connectivity index (χ4n) is 4.27. The van der Waals surface area contributed by atoms with Crippen LogP contribution in [0.5, 0.6) is 17.2 Å². The first-order chi connectivity index (χ1) is 16.2. The number of hydrogen-bond donors (Lipinski definition) is 2. The first kappa shape index (κ1) is 21.2. The SMILES string of the molecule is NC1=CN([C@@H]2CCCNC2)CN1c1ccc(Oc2ccc(OCc3ccccc3)cc2)cc1. The number of rotatable bonds is 7. The van der Waals surface area contributed by atoms with E-state index in [-0.39, 0.29) is 0 Å². The van der Waals surface area contributed by atoms with Crippen molar-refractivity contribution in [3.05, 3.63) is 96.4 Å². The van der Waals surface area contributed by atoms with Gasteiger partial charge < -0.3 is 30.3 Å². The summed E-state index contributed by atoms with van der Waals surface area (Å²) in [5.74, 6) is 3.15. The lowest BCUT2D eigenvalue weighted by molar-refractivity contribution is 0.245. The van der Waals surface area contributed by atoms with E-state index < -0.39 is 0 Å². The van der Waals surface area contributed by atoms with Gasteiger partial charge in [-0.15, -0.1) is 0 Å². The fourth-order valence-corrected chi connectivity index (χ4v) is 4.27. The van der Waals surface area contributed by atoms with E-state index in [1.165, 1.54) is 12.8 Å². The van der Waals surface area contributed by atoms with Gasteiger partial charge in [0.15, 0.2) is 0 Å². The summed E-state index contributed by atoms with van der Waals surface area (Å²) in [5.41, 5.74) is 8.53. The molecule has 0 aromatic heterocycles. The van der Waals surface area contributed by atoms with Crippen LogP contribution in [0.1, 0.15) is 18.4 Å². The Kier molecular flexibility index (Phi) is 6.35. The van der Waals surface area contributed by atoms with E-state index in [1.54, 1.807) is 0 Å². The van der Waals surface area contributed by atoms with Crippen LogP contribution in [-0.4, -0.2) is 30.7 Å². The third-order valence-electron chi connectivity index (χ3n) is 6.11. The third kappa shape index (κ3) is 5.23. The summed E-state index contributed by atoms with van der Waals surface area (Å²) < 4.78 is 11.9.